The van der Waals surface area contributed by atoms with Crippen LogP contribution in [0.1, 0.15) is 16.8 Å². The van der Waals surface area contributed by atoms with Crippen LogP contribution in [0.4, 0.5) is 14.5 Å². The van der Waals surface area contributed by atoms with Crippen LogP contribution in [0.2, 0.25) is 0 Å². The highest BCUT2D eigenvalue weighted by Crippen LogP contribution is 2.32. The molecule has 0 fully saturated rings. The van der Waals surface area contributed by atoms with Crippen LogP contribution in [0.3, 0.4) is 0 Å². The molecular formula is C11H8BrF2NO2. The highest BCUT2D eigenvalue weighted by molar-refractivity contribution is 9.09. The number of Topliss-reactive ketones (excluding diaryl/α,β-unsaturated/α-hetero) is 1. The average molecular weight is 304 g/mol. The normalized spacial score (nSPS) is 14.4. The van der Waals surface area contributed by atoms with Gasteiger partial charge in [-0.1, -0.05) is 15.9 Å². The first-order valence-corrected chi connectivity index (χ1v) is 6.09. The molecule has 90 valence electrons. The summed E-state index contributed by atoms with van der Waals surface area (Å²) in [6.07, 6.45) is 0.594. The van der Waals surface area contributed by atoms with Gasteiger partial charge in [0.2, 0.25) is 0 Å². The molecule has 1 heterocycles. The van der Waals surface area contributed by atoms with Gasteiger partial charge in [-0.2, -0.15) is 0 Å². The molecule has 1 aromatic rings. The molecule has 0 unspecified atom stereocenters. The summed E-state index contributed by atoms with van der Waals surface area (Å²) in [7, 11) is 0. The molecule has 1 aliphatic rings. The molecule has 1 aromatic carbocycles. The Bertz CT molecular complexity index is 504. The van der Waals surface area contributed by atoms with Crippen LogP contribution >= 0.6 is 15.9 Å². The van der Waals surface area contributed by atoms with Crippen molar-refractivity contribution < 1.29 is 18.4 Å². The molecular weight excluding hydrogens is 296 g/mol. The number of hydrogen-bond acceptors (Lipinski definition) is 2. The van der Waals surface area contributed by atoms with E-state index in [0.29, 0.717) is 17.8 Å². The molecule has 3 nitrogen and oxygen atoms in total. The number of carbonyl (C=O) groups excluding carboxylic acids is 2. The Morgan fingerprint density at radius 1 is 1.24 bits per heavy atom. The lowest BCUT2D eigenvalue weighted by Crippen LogP contribution is -2.30. The average Bonchev–Trinajstić information content (AvgIpc) is 2.49. The molecule has 1 aliphatic heterocycles. The summed E-state index contributed by atoms with van der Waals surface area (Å²) >= 11 is 3.19. The van der Waals surface area contributed by atoms with Crippen LogP contribution in [0.15, 0.2) is 12.1 Å². The van der Waals surface area contributed by atoms with E-state index >= 15 is 0 Å². The van der Waals surface area contributed by atoms with Gasteiger partial charge >= 0.3 is 0 Å². The van der Waals surface area contributed by atoms with Gasteiger partial charge in [0.05, 0.1) is 11.3 Å². The van der Waals surface area contributed by atoms with Crippen LogP contribution < -0.4 is 4.90 Å². The van der Waals surface area contributed by atoms with Gasteiger partial charge in [-0.25, -0.2) is 8.78 Å². The predicted molar refractivity (Wildman–Crippen MR) is 61.5 cm³/mol. The molecule has 0 aromatic heterocycles. The van der Waals surface area contributed by atoms with E-state index in [-0.39, 0.29) is 17.8 Å². The number of fused-ring (bicyclic) bond motifs is 1. The SMILES string of the molecule is O=C1C(=O)N(CCCBr)c2cc(F)cc(F)c21. The maximum absolute atomic E-state index is 13.4. The van der Waals surface area contributed by atoms with Crippen LogP contribution in [0.5, 0.6) is 0 Å². The second kappa shape index (κ2) is 4.52. The highest BCUT2D eigenvalue weighted by atomic mass is 79.9. The van der Waals surface area contributed by atoms with Crippen molar-refractivity contribution in [1.82, 2.24) is 0 Å². The van der Waals surface area contributed by atoms with Crippen LogP contribution in [0, 0.1) is 11.6 Å². The third-order valence-corrected chi connectivity index (χ3v) is 3.07. The standard InChI is InChI=1S/C11H8BrF2NO2/c12-2-1-3-15-8-5-6(13)4-7(14)9(8)10(16)11(15)17/h4-5H,1-3H2. The fraction of sp³-hybridized carbons (Fsp3) is 0.273. The molecule has 0 aliphatic carbocycles. The highest BCUT2D eigenvalue weighted by Gasteiger charge is 2.38. The van der Waals surface area contributed by atoms with Gasteiger partial charge in [-0.05, 0) is 12.5 Å². The molecule has 17 heavy (non-hydrogen) atoms. The summed E-state index contributed by atoms with van der Waals surface area (Å²) in [5.41, 5.74) is -0.301. The number of amides is 1. The fourth-order valence-corrected chi connectivity index (χ4v) is 2.03. The number of nitrogens with zero attached hydrogens (tertiary/aromatic N) is 1. The van der Waals surface area contributed by atoms with Crippen LogP contribution in [0.25, 0.3) is 0 Å². The van der Waals surface area contributed by atoms with Gasteiger partial charge in [-0.3, -0.25) is 9.59 Å². The van der Waals surface area contributed by atoms with Crippen LogP contribution in [-0.4, -0.2) is 23.6 Å². The summed E-state index contributed by atoms with van der Waals surface area (Å²) < 4.78 is 26.5. The first-order chi connectivity index (χ1) is 8.06. The zero-order valence-corrected chi connectivity index (χ0v) is 10.3. The number of carbonyl (C=O) groups is 2. The van der Waals surface area contributed by atoms with Crippen LogP contribution in [-0.2, 0) is 4.79 Å². The van der Waals surface area contributed by atoms with Crippen molar-refractivity contribution in [3.63, 3.8) is 0 Å². The van der Waals surface area contributed by atoms with Crippen molar-refractivity contribution in [3.8, 4) is 0 Å². The van der Waals surface area contributed by atoms with E-state index in [1.54, 1.807) is 0 Å². The van der Waals surface area contributed by atoms with E-state index in [0.717, 1.165) is 11.0 Å². The van der Waals surface area contributed by atoms with E-state index in [2.05, 4.69) is 15.9 Å². The zero-order valence-electron chi connectivity index (χ0n) is 8.67. The molecule has 0 saturated carbocycles. The summed E-state index contributed by atoms with van der Waals surface area (Å²) in [5, 5.41) is 0.637. The molecule has 0 saturated heterocycles. The van der Waals surface area contributed by atoms with Gasteiger partial charge in [0.15, 0.2) is 0 Å². The van der Waals surface area contributed by atoms with Crippen molar-refractivity contribution in [2.24, 2.45) is 0 Å². The smallest absolute Gasteiger partial charge is 0.299 e. The largest absolute Gasteiger partial charge is 0.305 e. The van der Waals surface area contributed by atoms with Crippen molar-refractivity contribution in [2.45, 2.75) is 6.42 Å². The number of ketones is 1. The summed E-state index contributed by atoms with van der Waals surface area (Å²) in [6, 6.07) is 1.62. The zero-order chi connectivity index (χ0) is 12.6. The van der Waals surface area contributed by atoms with Crippen molar-refractivity contribution >= 4 is 33.3 Å². The van der Waals surface area contributed by atoms with Crippen molar-refractivity contribution in [1.29, 1.82) is 0 Å². The maximum Gasteiger partial charge on any atom is 0.299 e. The summed E-state index contributed by atoms with van der Waals surface area (Å²) in [5.74, 6) is -3.50. The van der Waals surface area contributed by atoms with Gasteiger partial charge in [0, 0.05) is 17.9 Å². The molecule has 0 bridgehead atoms. The van der Waals surface area contributed by atoms with Gasteiger partial charge < -0.3 is 4.90 Å². The lowest BCUT2D eigenvalue weighted by atomic mass is 10.1. The lowest BCUT2D eigenvalue weighted by molar-refractivity contribution is -0.114. The van der Waals surface area contributed by atoms with E-state index < -0.39 is 23.3 Å². The van der Waals surface area contributed by atoms with E-state index in [9.17, 15) is 18.4 Å². The number of anilines is 1. The molecule has 0 spiro atoms. The number of benzene rings is 1. The number of rotatable bonds is 3. The van der Waals surface area contributed by atoms with Gasteiger partial charge in [0.25, 0.3) is 11.7 Å². The summed E-state index contributed by atoms with van der Waals surface area (Å²) in [6.45, 7) is 0.256. The van der Waals surface area contributed by atoms with Gasteiger partial charge in [0.1, 0.15) is 11.6 Å². The minimum atomic E-state index is -0.986. The first-order valence-electron chi connectivity index (χ1n) is 4.97. The Hall–Kier alpha value is -1.30. The molecule has 0 atom stereocenters. The minimum Gasteiger partial charge on any atom is -0.305 e. The maximum atomic E-state index is 13.4. The summed E-state index contributed by atoms with van der Waals surface area (Å²) in [4.78, 5) is 24.3. The molecule has 2 rings (SSSR count). The third-order valence-electron chi connectivity index (χ3n) is 2.51. The number of halogens is 3. The van der Waals surface area contributed by atoms with E-state index in [4.69, 9.17) is 0 Å². The molecule has 0 radical (unpaired) electrons. The van der Waals surface area contributed by atoms with Gasteiger partial charge in [-0.15, -0.1) is 0 Å². The Labute approximate surface area is 105 Å². The fourth-order valence-electron chi connectivity index (χ4n) is 1.78. The number of hydrogen-bond donors (Lipinski definition) is 0. The Balaban J connectivity index is 2.48. The second-order valence-electron chi connectivity index (χ2n) is 3.61. The second-order valence-corrected chi connectivity index (χ2v) is 4.40. The number of alkyl halides is 1. The quantitative estimate of drug-likeness (QED) is 0.634. The monoisotopic (exact) mass is 303 g/mol. The van der Waals surface area contributed by atoms with E-state index in [1.165, 1.54) is 0 Å². The Kier molecular flexibility index (Phi) is 3.24. The lowest BCUT2D eigenvalue weighted by Gasteiger charge is -2.15. The van der Waals surface area contributed by atoms with Crippen molar-refractivity contribution in [3.05, 3.63) is 29.3 Å². The topological polar surface area (TPSA) is 37.4 Å². The molecule has 1 amide bonds. The van der Waals surface area contributed by atoms with Crippen molar-refractivity contribution in [2.75, 3.05) is 16.8 Å². The predicted octanol–water partition coefficient (Wildman–Crippen LogP) is 2.28. The minimum absolute atomic E-state index is 0.0263. The molecule has 6 heteroatoms. The third kappa shape index (κ3) is 1.97. The Morgan fingerprint density at radius 2 is 1.94 bits per heavy atom. The van der Waals surface area contributed by atoms with E-state index in [1.807, 2.05) is 0 Å². The Morgan fingerprint density at radius 3 is 2.59 bits per heavy atom. The first kappa shape index (κ1) is 12.2. The molecule has 0 N–H and O–H groups in total.